The highest BCUT2D eigenvalue weighted by molar-refractivity contribution is 6.00. The van der Waals surface area contributed by atoms with Crippen LogP contribution in [0, 0.1) is 30.6 Å². The van der Waals surface area contributed by atoms with Gasteiger partial charge in [-0.05, 0) is 99.7 Å². The third kappa shape index (κ3) is 12.9. The monoisotopic (exact) mass is 578 g/mol. The van der Waals surface area contributed by atoms with Gasteiger partial charge in [-0.15, -0.1) is 0 Å². The van der Waals surface area contributed by atoms with Crippen molar-refractivity contribution in [3.8, 4) is 0 Å². The lowest BCUT2D eigenvalue weighted by Crippen LogP contribution is -2.30. The maximum atomic E-state index is 13.4. The van der Waals surface area contributed by atoms with E-state index in [4.69, 9.17) is 0 Å². The molecule has 0 aliphatic heterocycles. The van der Waals surface area contributed by atoms with Gasteiger partial charge >= 0.3 is 0 Å². The average Bonchev–Trinajstić information content (AvgIpc) is 3.05. The van der Waals surface area contributed by atoms with Gasteiger partial charge in [0.25, 0.3) is 0 Å². The number of carbonyl (C=O) groups is 3. The van der Waals surface area contributed by atoms with Gasteiger partial charge in [0.05, 0.1) is 6.42 Å². The van der Waals surface area contributed by atoms with E-state index in [1.54, 1.807) is 0 Å². The molecule has 0 fully saturated rings. The third-order valence-electron chi connectivity index (χ3n) is 8.44. The fraction of sp³-hybridized carbons (Fsp3) is 0.667. The lowest BCUT2D eigenvalue weighted by atomic mass is 9.71. The normalized spacial score (nSPS) is 19.7. The topological polar surface area (TPSA) is 51.2 Å². The second-order valence-corrected chi connectivity index (χ2v) is 12.7. The molecule has 1 aromatic carbocycles. The van der Waals surface area contributed by atoms with E-state index < -0.39 is 0 Å². The predicted molar refractivity (Wildman–Crippen MR) is 180 cm³/mol. The summed E-state index contributed by atoms with van der Waals surface area (Å²) in [5, 5.41) is 0. The molecule has 3 unspecified atom stereocenters. The Morgan fingerprint density at radius 2 is 1.48 bits per heavy atom. The molecule has 0 spiro atoms. The first-order valence-electron chi connectivity index (χ1n) is 17.1. The van der Waals surface area contributed by atoms with E-state index in [9.17, 15) is 14.4 Å². The predicted octanol–water partition coefficient (Wildman–Crippen LogP) is 10.8. The Morgan fingerprint density at radius 1 is 0.881 bits per heavy atom. The highest BCUT2D eigenvalue weighted by Gasteiger charge is 2.33. The fourth-order valence-electron chi connectivity index (χ4n) is 6.66. The van der Waals surface area contributed by atoms with E-state index in [-0.39, 0.29) is 41.5 Å². The zero-order valence-electron chi connectivity index (χ0n) is 28.4. The van der Waals surface area contributed by atoms with Crippen LogP contribution in [0.2, 0.25) is 0 Å². The minimum Gasteiger partial charge on any atom is -0.300 e. The van der Waals surface area contributed by atoms with Crippen LogP contribution < -0.4 is 0 Å². The first-order chi connectivity index (χ1) is 20.2. The number of benzene rings is 1. The van der Waals surface area contributed by atoms with Gasteiger partial charge in [0, 0.05) is 17.9 Å². The van der Waals surface area contributed by atoms with Crippen molar-refractivity contribution in [1.82, 2.24) is 0 Å². The van der Waals surface area contributed by atoms with Gasteiger partial charge in [-0.1, -0.05) is 104 Å². The molecule has 3 rings (SSSR count). The van der Waals surface area contributed by atoms with Gasteiger partial charge in [0.2, 0.25) is 0 Å². The molecule has 0 amide bonds. The Morgan fingerprint density at radius 3 is 2.00 bits per heavy atom. The Balaban J connectivity index is 0.00000135. The van der Waals surface area contributed by atoms with Crippen LogP contribution in [0.3, 0.4) is 0 Å². The molecule has 2 aliphatic carbocycles. The van der Waals surface area contributed by atoms with Crippen LogP contribution in [-0.4, -0.2) is 17.3 Å². The van der Waals surface area contributed by atoms with E-state index in [2.05, 4.69) is 84.9 Å². The number of allylic oxidation sites excluding steroid dienone is 4. The molecule has 3 nitrogen and oxygen atoms in total. The molecule has 0 bridgehead atoms. The molecule has 0 N–H and O–H groups in total. The maximum absolute atomic E-state index is 13.4. The first-order valence-corrected chi connectivity index (χ1v) is 17.1. The lowest BCUT2D eigenvalue weighted by molar-refractivity contribution is -0.129. The largest absolute Gasteiger partial charge is 0.300 e. The van der Waals surface area contributed by atoms with Crippen LogP contribution in [0.25, 0.3) is 0 Å². The highest BCUT2D eigenvalue weighted by Crippen LogP contribution is 2.37. The Hall–Kier alpha value is -2.29. The Labute approximate surface area is 259 Å². The smallest absolute Gasteiger partial charge is 0.163 e. The molecule has 0 saturated heterocycles. The van der Waals surface area contributed by atoms with Gasteiger partial charge in [-0.3, -0.25) is 14.4 Å². The molecule has 0 radical (unpaired) electrons. The number of carbonyl (C=O) groups excluding carboxylic acids is 3. The van der Waals surface area contributed by atoms with E-state index in [1.165, 1.54) is 49.3 Å². The maximum Gasteiger partial charge on any atom is 0.163 e. The van der Waals surface area contributed by atoms with Crippen LogP contribution >= 0.6 is 0 Å². The molecule has 0 heterocycles. The zero-order valence-corrected chi connectivity index (χ0v) is 28.4. The van der Waals surface area contributed by atoms with Crippen molar-refractivity contribution < 1.29 is 14.4 Å². The molecule has 3 atom stereocenters. The SMILES string of the molecule is CCC.CCC.CCCC(CC1CC(=O)c2c(ccc(CC3CC/C=C\C=C/CC3)c2C)C1)C(CC)C(=O)CC(C)=O. The summed E-state index contributed by atoms with van der Waals surface area (Å²) in [4.78, 5) is 37.8. The third-order valence-corrected chi connectivity index (χ3v) is 8.44. The summed E-state index contributed by atoms with van der Waals surface area (Å²) in [6.07, 6.45) is 22.2. The molecule has 2 aliphatic rings. The number of hydrogen-bond donors (Lipinski definition) is 0. The van der Waals surface area contributed by atoms with Gasteiger partial charge < -0.3 is 0 Å². The van der Waals surface area contributed by atoms with Crippen molar-refractivity contribution in [2.24, 2.45) is 23.7 Å². The molecule has 0 aromatic heterocycles. The van der Waals surface area contributed by atoms with Crippen LogP contribution in [-0.2, 0) is 22.4 Å². The second-order valence-electron chi connectivity index (χ2n) is 12.7. The Bertz CT molecular complexity index is 997. The van der Waals surface area contributed by atoms with Crippen LogP contribution in [0.5, 0.6) is 0 Å². The van der Waals surface area contributed by atoms with Gasteiger partial charge in [-0.2, -0.15) is 0 Å². The highest BCUT2D eigenvalue weighted by atomic mass is 16.1. The van der Waals surface area contributed by atoms with E-state index in [0.717, 1.165) is 56.9 Å². The van der Waals surface area contributed by atoms with Crippen molar-refractivity contribution in [3.63, 3.8) is 0 Å². The summed E-state index contributed by atoms with van der Waals surface area (Å²) < 4.78 is 0. The molecule has 0 saturated carbocycles. The van der Waals surface area contributed by atoms with E-state index in [1.807, 2.05) is 0 Å². The summed E-state index contributed by atoms with van der Waals surface area (Å²) in [5.74, 6) is 1.41. The van der Waals surface area contributed by atoms with Crippen molar-refractivity contribution in [1.29, 1.82) is 0 Å². The number of fused-ring (bicyclic) bond motifs is 1. The van der Waals surface area contributed by atoms with E-state index in [0.29, 0.717) is 12.3 Å². The molecule has 3 heteroatoms. The lowest BCUT2D eigenvalue weighted by Gasteiger charge is -2.32. The standard InChI is InChI=1S/C33H46O3.2C3H8/c1-5-13-28(30(6-2)31(35)18-23(3)34)20-26-21-29-17-16-27(24(4)33(29)32(36)22-26)19-25-14-11-9-7-8-10-12-15-25;2*1-3-2/h7-10,16-17,25-26,28,30H,5-6,11-15,18-22H2,1-4H3;2*3H2,1-2H3/b9-7-,10-8-;;. The Kier molecular flexibility index (Phi) is 19.2. The summed E-state index contributed by atoms with van der Waals surface area (Å²) in [5.41, 5.74) is 4.69. The molecule has 236 valence electrons. The van der Waals surface area contributed by atoms with Crippen LogP contribution in [0.15, 0.2) is 36.4 Å². The first kappa shape index (κ1) is 37.7. The van der Waals surface area contributed by atoms with Crippen molar-refractivity contribution >= 4 is 17.3 Å². The molecular weight excluding hydrogens is 516 g/mol. The van der Waals surface area contributed by atoms with Crippen molar-refractivity contribution in [2.75, 3.05) is 0 Å². The number of rotatable bonds is 11. The second kappa shape index (κ2) is 21.4. The zero-order chi connectivity index (χ0) is 31.5. The minimum absolute atomic E-state index is 0.0424. The molecule has 42 heavy (non-hydrogen) atoms. The van der Waals surface area contributed by atoms with Crippen molar-refractivity contribution in [2.45, 2.75) is 145 Å². The summed E-state index contributed by atoms with van der Waals surface area (Å²) in [6, 6.07) is 4.49. The average molecular weight is 579 g/mol. The van der Waals surface area contributed by atoms with E-state index >= 15 is 0 Å². The summed E-state index contributed by atoms with van der Waals surface area (Å²) in [6.45, 7) is 16.4. The van der Waals surface area contributed by atoms with Crippen LogP contribution in [0.1, 0.15) is 153 Å². The van der Waals surface area contributed by atoms with Crippen molar-refractivity contribution in [3.05, 3.63) is 58.7 Å². The molecular formula is C39H62O3. The van der Waals surface area contributed by atoms with Gasteiger partial charge in [0.1, 0.15) is 11.6 Å². The van der Waals surface area contributed by atoms with Crippen LogP contribution in [0.4, 0.5) is 0 Å². The fourth-order valence-corrected chi connectivity index (χ4v) is 6.66. The number of ketones is 3. The quantitative estimate of drug-likeness (QED) is 0.245. The minimum atomic E-state index is -0.0767. The number of Topliss-reactive ketones (excluding diaryl/α,β-unsaturated/α-hetero) is 3. The number of hydrogen-bond acceptors (Lipinski definition) is 3. The summed E-state index contributed by atoms with van der Waals surface area (Å²) >= 11 is 0. The van der Waals surface area contributed by atoms with Gasteiger partial charge in [-0.25, -0.2) is 0 Å². The van der Waals surface area contributed by atoms with Gasteiger partial charge in [0.15, 0.2) is 5.78 Å². The molecule has 1 aromatic rings. The summed E-state index contributed by atoms with van der Waals surface area (Å²) in [7, 11) is 0.